The number of nitrogens with one attached hydrogen (secondary N) is 1. The van der Waals surface area contributed by atoms with Crippen molar-refractivity contribution in [2.24, 2.45) is 0 Å². The van der Waals surface area contributed by atoms with Gasteiger partial charge in [0.05, 0.1) is 19.1 Å². The zero-order valence-corrected chi connectivity index (χ0v) is 24.7. The van der Waals surface area contributed by atoms with Crippen molar-refractivity contribution in [3.05, 3.63) is 59.2 Å². The van der Waals surface area contributed by atoms with E-state index in [0.29, 0.717) is 17.9 Å². The maximum Gasteiger partial charge on any atom is 0.242 e. The van der Waals surface area contributed by atoms with Crippen LogP contribution in [0.2, 0.25) is 0 Å². The van der Waals surface area contributed by atoms with E-state index in [-0.39, 0.29) is 37.4 Å². The van der Waals surface area contributed by atoms with Gasteiger partial charge in [0, 0.05) is 25.6 Å². The number of nitrogens with zero attached hydrogens (tertiary/aromatic N) is 2. The third-order valence-corrected chi connectivity index (χ3v) is 8.60. The van der Waals surface area contributed by atoms with Crippen LogP contribution in [0.15, 0.2) is 42.5 Å². The van der Waals surface area contributed by atoms with E-state index in [1.807, 2.05) is 56.3 Å². The number of benzene rings is 2. The van der Waals surface area contributed by atoms with Crippen LogP contribution in [-0.2, 0) is 26.2 Å². The number of carbonyl (C=O) groups excluding carboxylic acids is 2. The van der Waals surface area contributed by atoms with Gasteiger partial charge in [-0.05, 0) is 74.9 Å². The van der Waals surface area contributed by atoms with Gasteiger partial charge in [-0.15, -0.1) is 0 Å². The summed E-state index contributed by atoms with van der Waals surface area (Å²) in [6, 6.07) is 12.6. The molecule has 0 bridgehead atoms. The SMILES string of the molecule is COc1ccc(CN(C(=O)CCCN(c2cc(C)ccc2C)S(C)(=O)=O)[C@H](C)C(=O)NC2CCCCC2)cc1. The minimum Gasteiger partial charge on any atom is -0.497 e. The Bertz CT molecular complexity index is 1220. The number of hydrogen-bond donors (Lipinski definition) is 1. The molecule has 1 aliphatic carbocycles. The Morgan fingerprint density at radius 2 is 1.72 bits per heavy atom. The van der Waals surface area contributed by atoms with Crippen LogP contribution in [0.3, 0.4) is 0 Å². The Balaban J connectivity index is 1.74. The summed E-state index contributed by atoms with van der Waals surface area (Å²) < 4.78 is 31.9. The molecule has 1 N–H and O–H groups in total. The van der Waals surface area contributed by atoms with Gasteiger partial charge in [-0.1, -0.05) is 43.5 Å². The van der Waals surface area contributed by atoms with Crippen LogP contribution in [0.1, 0.15) is 68.6 Å². The van der Waals surface area contributed by atoms with Gasteiger partial charge in [0.25, 0.3) is 0 Å². The monoisotopic (exact) mass is 557 g/mol. The zero-order chi connectivity index (χ0) is 28.6. The Kier molecular flexibility index (Phi) is 10.8. The third kappa shape index (κ3) is 8.71. The highest BCUT2D eigenvalue weighted by molar-refractivity contribution is 7.92. The lowest BCUT2D eigenvalue weighted by Gasteiger charge is -2.31. The molecule has 0 saturated heterocycles. The van der Waals surface area contributed by atoms with Gasteiger partial charge in [-0.25, -0.2) is 8.42 Å². The topological polar surface area (TPSA) is 96.0 Å². The van der Waals surface area contributed by atoms with E-state index in [0.717, 1.165) is 42.4 Å². The highest BCUT2D eigenvalue weighted by atomic mass is 32.2. The fourth-order valence-corrected chi connectivity index (χ4v) is 6.06. The largest absolute Gasteiger partial charge is 0.497 e. The fourth-order valence-electron chi connectivity index (χ4n) is 5.05. The average molecular weight is 558 g/mol. The van der Waals surface area contributed by atoms with Crippen molar-refractivity contribution in [3.63, 3.8) is 0 Å². The van der Waals surface area contributed by atoms with Gasteiger partial charge in [-0.2, -0.15) is 0 Å². The maximum absolute atomic E-state index is 13.6. The van der Waals surface area contributed by atoms with Gasteiger partial charge in [0.15, 0.2) is 0 Å². The second-order valence-corrected chi connectivity index (χ2v) is 12.5. The second-order valence-electron chi connectivity index (χ2n) is 10.6. The first-order valence-electron chi connectivity index (χ1n) is 13.8. The normalized spacial score (nSPS) is 14.9. The molecule has 1 aliphatic rings. The third-order valence-electron chi connectivity index (χ3n) is 7.42. The number of rotatable bonds is 12. The van der Waals surface area contributed by atoms with Gasteiger partial charge < -0.3 is 15.0 Å². The smallest absolute Gasteiger partial charge is 0.242 e. The highest BCUT2D eigenvalue weighted by Crippen LogP contribution is 2.25. The Hall–Kier alpha value is -3.07. The van der Waals surface area contributed by atoms with Crippen molar-refractivity contribution in [1.82, 2.24) is 10.2 Å². The standard InChI is InChI=1S/C30H43N3O5S/c1-22-13-14-23(2)28(20-22)33(39(5,36)37)19-9-12-29(34)32(21-25-15-17-27(38-4)18-16-25)24(3)30(35)31-26-10-7-6-8-11-26/h13-18,20,24,26H,6-12,19,21H2,1-5H3,(H,31,35)/t24-/m1/s1. The molecule has 2 amide bonds. The van der Waals surface area contributed by atoms with Gasteiger partial charge in [0.2, 0.25) is 21.8 Å². The van der Waals surface area contributed by atoms with Crippen molar-refractivity contribution in [1.29, 1.82) is 0 Å². The maximum atomic E-state index is 13.6. The van der Waals surface area contributed by atoms with Crippen LogP contribution in [0.4, 0.5) is 5.69 Å². The van der Waals surface area contributed by atoms with E-state index in [2.05, 4.69) is 5.32 Å². The minimum absolute atomic E-state index is 0.119. The summed E-state index contributed by atoms with van der Waals surface area (Å²) in [7, 11) is -1.95. The predicted octanol–water partition coefficient (Wildman–Crippen LogP) is 4.72. The molecule has 0 heterocycles. The lowest BCUT2D eigenvalue weighted by molar-refractivity contribution is -0.141. The summed E-state index contributed by atoms with van der Waals surface area (Å²) >= 11 is 0. The fraction of sp³-hybridized carbons (Fsp3) is 0.533. The molecule has 39 heavy (non-hydrogen) atoms. The van der Waals surface area contributed by atoms with E-state index < -0.39 is 16.1 Å². The summed E-state index contributed by atoms with van der Waals surface area (Å²) in [5.74, 6) is 0.371. The molecule has 1 atom stereocenters. The first kappa shape index (κ1) is 30.5. The molecule has 3 rings (SSSR count). The molecule has 1 fully saturated rings. The highest BCUT2D eigenvalue weighted by Gasteiger charge is 2.28. The zero-order valence-electron chi connectivity index (χ0n) is 23.9. The molecule has 1 saturated carbocycles. The van der Waals surface area contributed by atoms with E-state index in [4.69, 9.17) is 4.74 Å². The number of sulfonamides is 1. The van der Waals surface area contributed by atoms with Gasteiger partial charge in [-0.3, -0.25) is 13.9 Å². The van der Waals surface area contributed by atoms with Crippen molar-refractivity contribution >= 4 is 27.5 Å². The summed E-state index contributed by atoms with van der Waals surface area (Å²) in [5, 5.41) is 3.14. The number of hydrogen-bond acceptors (Lipinski definition) is 5. The molecule has 214 valence electrons. The summed E-state index contributed by atoms with van der Waals surface area (Å²) in [4.78, 5) is 28.4. The van der Waals surface area contributed by atoms with E-state index in [1.54, 1.807) is 18.9 Å². The van der Waals surface area contributed by atoms with Crippen LogP contribution < -0.4 is 14.4 Å². The second kappa shape index (κ2) is 13.8. The molecule has 0 aliphatic heterocycles. The first-order valence-corrected chi connectivity index (χ1v) is 15.6. The number of aryl methyl sites for hydroxylation is 2. The van der Waals surface area contributed by atoms with Crippen LogP contribution in [0.5, 0.6) is 5.75 Å². The van der Waals surface area contributed by atoms with E-state index >= 15 is 0 Å². The van der Waals surface area contributed by atoms with Crippen LogP contribution >= 0.6 is 0 Å². The van der Waals surface area contributed by atoms with Crippen LogP contribution in [-0.4, -0.2) is 57.1 Å². The van der Waals surface area contributed by atoms with Crippen molar-refractivity contribution < 1.29 is 22.7 Å². The van der Waals surface area contributed by atoms with Crippen molar-refractivity contribution in [3.8, 4) is 5.75 Å². The molecule has 0 aromatic heterocycles. The number of methoxy groups -OCH3 is 1. The number of amides is 2. The minimum atomic E-state index is -3.54. The number of carbonyl (C=O) groups is 2. The summed E-state index contributed by atoms with van der Waals surface area (Å²) in [5.41, 5.74) is 3.32. The first-order chi connectivity index (χ1) is 18.5. The molecule has 0 unspecified atom stereocenters. The summed E-state index contributed by atoms with van der Waals surface area (Å²) in [6.07, 6.45) is 6.95. The van der Waals surface area contributed by atoms with E-state index in [1.165, 1.54) is 17.0 Å². The molecule has 0 spiro atoms. The Morgan fingerprint density at radius 1 is 1.05 bits per heavy atom. The molecular weight excluding hydrogens is 514 g/mol. The molecule has 8 nitrogen and oxygen atoms in total. The lowest BCUT2D eigenvalue weighted by Crippen LogP contribution is -2.50. The molecule has 9 heteroatoms. The average Bonchev–Trinajstić information content (AvgIpc) is 2.91. The van der Waals surface area contributed by atoms with E-state index in [9.17, 15) is 18.0 Å². The Morgan fingerprint density at radius 3 is 2.33 bits per heavy atom. The molecule has 0 radical (unpaired) electrons. The Labute approximate surface area is 233 Å². The molecule has 2 aromatic carbocycles. The van der Waals surface area contributed by atoms with Gasteiger partial charge in [0.1, 0.15) is 11.8 Å². The van der Waals surface area contributed by atoms with Crippen LogP contribution in [0, 0.1) is 13.8 Å². The summed E-state index contributed by atoms with van der Waals surface area (Å²) in [6.45, 7) is 6.01. The lowest BCUT2D eigenvalue weighted by atomic mass is 9.95. The van der Waals surface area contributed by atoms with Crippen molar-refractivity contribution in [2.75, 3.05) is 24.2 Å². The molecule has 2 aromatic rings. The quantitative estimate of drug-likeness (QED) is 0.407. The molecular formula is C30H43N3O5S. The number of anilines is 1. The van der Waals surface area contributed by atoms with Crippen molar-refractivity contribution in [2.45, 2.75) is 84.3 Å². The van der Waals surface area contributed by atoms with Gasteiger partial charge >= 0.3 is 0 Å². The predicted molar refractivity (Wildman–Crippen MR) is 155 cm³/mol. The van der Waals surface area contributed by atoms with Crippen LogP contribution in [0.25, 0.3) is 0 Å². The number of ether oxygens (including phenoxy) is 1.